The summed E-state index contributed by atoms with van der Waals surface area (Å²) < 4.78 is 6.45. The number of rotatable bonds is 4. The van der Waals surface area contributed by atoms with Gasteiger partial charge >= 0.3 is 0 Å². The molecule has 1 rings (SSSR count). The normalized spacial score (nSPS) is 11.5. The Hall–Kier alpha value is -0.540. The third kappa shape index (κ3) is 2.95. The van der Waals surface area contributed by atoms with E-state index in [-0.39, 0.29) is 5.41 Å². The van der Waals surface area contributed by atoms with E-state index in [1.165, 1.54) is 5.56 Å². The molecule has 0 amide bonds. The van der Waals surface area contributed by atoms with Crippen molar-refractivity contribution in [2.45, 2.75) is 26.2 Å². The lowest BCUT2D eigenvalue weighted by Gasteiger charge is -2.23. The zero-order valence-electron chi connectivity index (χ0n) is 9.51. The zero-order chi connectivity index (χ0) is 11.5. The Morgan fingerprint density at radius 3 is 2.53 bits per heavy atom. The number of hydrogen-bond donors (Lipinski definition) is 1. The number of nitrogens with two attached hydrogens (primary N) is 1. The van der Waals surface area contributed by atoms with Gasteiger partial charge in [-0.05, 0) is 40.5 Å². The van der Waals surface area contributed by atoms with Crippen molar-refractivity contribution >= 4 is 15.9 Å². The summed E-state index contributed by atoms with van der Waals surface area (Å²) in [6.07, 6.45) is 0. The van der Waals surface area contributed by atoms with E-state index in [1.807, 2.05) is 13.0 Å². The first-order valence-electron chi connectivity index (χ1n) is 5.14. The summed E-state index contributed by atoms with van der Waals surface area (Å²) in [5.74, 6) is 0.883. The Morgan fingerprint density at radius 2 is 2.07 bits per heavy atom. The fourth-order valence-corrected chi connectivity index (χ4v) is 1.81. The molecule has 0 radical (unpaired) electrons. The van der Waals surface area contributed by atoms with Crippen LogP contribution in [0.25, 0.3) is 0 Å². The summed E-state index contributed by atoms with van der Waals surface area (Å²) >= 11 is 3.50. The van der Waals surface area contributed by atoms with Gasteiger partial charge in [-0.3, -0.25) is 0 Å². The average molecular weight is 272 g/mol. The number of ether oxygens (including phenoxy) is 1. The summed E-state index contributed by atoms with van der Waals surface area (Å²) in [5.41, 5.74) is 6.97. The van der Waals surface area contributed by atoms with E-state index >= 15 is 0 Å². The second kappa shape index (κ2) is 4.99. The van der Waals surface area contributed by atoms with Crippen molar-refractivity contribution in [1.82, 2.24) is 0 Å². The molecule has 0 aliphatic heterocycles. The van der Waals surface area contributed by atoms with Crippen LogP contribution >= 0.6 is 15.9 Å². The number of halogens is 1. The molecular weight excluding hydrogens is 254 g/mol. The van der Waals surface area contributed by atoms with Crippen LogP contribution in [0.3, 0.4) is 0 Å². The van der Waals surface area contributed by atoms with E-state index in [1.54, 1.807) is 0 Å². The molecule has 0 atom stereocenters. The smallest absolute Gasteiger partial charge is 0.133 e. The Balaban J connectivity index is 3.01. The van der Waals surface area contributed by atoms with Crippen molar-refractivity contribution in [2.24, 2.45) is 5.73 Å². The van der Waals surface area contributed by atoms with Crippen molar-refractivity contribution in [2.75, 3.05) is 13.2 Å². The first-order valence-corrected chi connectivity index (χ1v) is 5.93. The van der Waals surface area contributed by atoms with Crippen LogP contribution in [0, 0.1) is 0 Å². The zero-order valence-corrected chi connectivity index (χ0v) is 11.1. The summed E-state index contributed by atoms with van der Waals surface area (Å²) in [6, 6.07) is 6.14. The monoisotopic (exact) mass is 271 g/mol. The maximum Gasteiger partial charge on any atom is 0.133 e. The van der Waals surface area contributed by atoms with Crippen LogP contribution < -0.4 is 10.5 Å². The molecule has 0 saturated heterocycles. The van der Waals surface area contributed by atoms with Crippen LogP contribution in [0.2, 0.25) is 0 Å². The molecule has 0 aromatic heterocycles. The van der Waals surface area contributed by atoms with Crippen LogP contribution in [0.5, 0.6) is 5.75 Å². The quantitative estimate of drug-likeness (QED) is 0.914. The molecule has 0 fully saturated rings. The third-order valence-electron chi connectivity index (χ3n) is 2.52. The number of hydrogen-bond acceptors (Lipinski definition) is 2. The van der Waals surface area contributed by atoms with Crippen LogP contribution in [-0.2, 0) is 5.41 Å². The average Bonchev–Trinajstić information content (AvgIpc) is 2.21. The molecule has 15 heavy (non-hydrogen) atoms. The topological polar surface area (TPSA) is 35.2 Å². The maximum absolute atomic E-state index is 5.74. The van der Waals surface area contributed by atoms with Gasteiger partial charge in [0.1, 0.15) is 5.75 Å². The van der Waals surface area contributed by atoms with Crippen molar-refractivity contribution in [3.63, 3.8) is 0 Å². The highest BCUT2D eigenvalue weighted by Gasteiger charge is 2.19. The van der Waals surface area contributed by atoms with Crippen LogP contribution in [0.4, 0.5) is 0 Å². The summed E-state index contributed by atoms with van der Waals surface area (Å²) in [7, 11) is 0. The molecule has 2 nitrogen and oxygen atoms in total. The molecule has 0 spiro atoms. The molecular formula is C12H18BrNO. The fourth-order valence-electron chi connectivity index (χ4n) is 1.31. The predicted molar refractivity (Wildman–Crippen MR) is 67.4 cm³/mol. The number of benzene rings is 1. The summed E-state index contributed by atoms with van der Waals surface area (Å²) in [6.45, 7) is 7.56. The SMILES string of the molecule is CCOc1ccc(C(C)(C)CN)cc1Br. The lowest BCUT2D eigenvalue weighted by Crippen LogP contribution is -2.28. The minimum Gasteiger partial charge on any atom is -0.493 e. The van der Waals surface area contributed by atoms with Crippen molar-refractivity contribution in [1.29, 1.82) is 0 Å². The molecule has 0 aliphatic rings. The highest BCUT2D eigenvalue weighted by Crippen LogP contribution is 2.31. The standard InChI is InChI=1S/C12H18BrNO/c1-4-15-11-6-5-9(7-10(11)13)12(2,3)8-14/h5-7H,4,8,14H2,1-3H3. The molecule has 2 N–H and O–H groups in total. The minimum absolute atomic E-state index is 0.00721. The first kappa shape index (κ1) is 12.5. The first-order chi connectivity index (χ1) is 7.01. The molecule has 0 unspecified atom stereocenters. The van der Waals surface area contributed by atoms with Gasteiger partial charge in [0.25, 0.3) is 0 Å². The van der Waals surface area contributed by atoms with E-state index < -0.39 is 0 Å². The fraction of sp³-hybridized carbons (Fsp3) is 0.500. The molecule has 3 heteroatoms. The van der Waals surface area contributed by atoms with Crippen LogP contribution in [0.15, 0.2) is 22.7 Å². The van der Waals surface area contributed by atoms with Gasteiger partial charge < -0.3 is 10.5 Å². The van der Waals surface area contributed by atoms with Gasteiger partial charge in [-0.15, -0.1) is 0 Å². The molecule has 1 aromatic carbocycles. The lowest BCUT2D eigenvalue weighted by molar-refractivity contribution is 0.337. The molecule has 0 saturated carbocycles. The predicted octanol–water partition coefficient (Wildman–Crippen LogP) is 3.08. The van der Waals surface area contributed by atoms with Gasteiger partial charge in [0, 0.05) is 12.0 Å². The highest BCUT2D eigenvalue weighted by molar-refractivity contribution is 9.10. The minimum atomic E-state index is 0.00721. The Labute approximate surface area is 99.9 Å². The Bertz CT molecular complexity index is 336. The summed E-state index contributed by atoms with van der Waals surface area (Å²) in [5, 5.41) is 0. The van der Waals surface area contributed by atoms with E-state index in [0.717, 1.165) is 10.2 Å². The second-order valence-electron chi connectivity index (χ2n) is 4.17. The maximum atomic E-state index is 5.74. The molecule has 84 valence electrons. The Morgan fingerprint density at radius 1 is 1.40 bits per heavy atom. The molecule has 1 aromatic rings. The summed E-state index contributed by atoms with van der Waals surface area (Å²) in [4.78, 5) is 0. The highest BCUT2D eigenvalue weighted by atomic mass is 79.9. The molecule has 0 heterocycles. The molecule has 0 aliphatic carbocycles. The third-order valence-corrected chi connectivity index (χ3v) is 3.14. The van der Waals surface area contributed by atoms with E-state index in [0.29, 0.717) is 13.2 Å². The van der Waals surface area contributed by atoms with E-state index in [2.05, 4.69) is 41.9 Å². The van der Waals surface area contributed by atoms with Gasteiger partial charge in [-0.2, -0.15) is 0 Å². The Kier molecular flexibility index (Phi) is 4.17. The van der Waals surface area contributed by atoms with Crippen molar-refractivity contribution in [3.05, 3.63) is 28.2 Å². The second-order valence-corrected chi connectivity index (χ2v) is 5.02. The van der Waals surface area contributed by atoms with E-state index in [4.69, 9.17) is 10.5 Å². The van der Waals surface area contributed by atoms with Crippen molar-refractivity contribution in [3.8, 4) is 5.75 Å². The largest absolute Gasteiger partial charge is 0.493 e. The van der Waals surface area contributed by atoms with E-state index in [9.17, 15) is 0 Å². The lowest BCUT2D eigenvalue weighted by atomic mass is 9.85. The van der Waals surface area contributed by atoms with Gasteiger partial charge in [0.2, 0.25) is 0 Å². The van der Waals surface area contributed by atoms with Crippen molar-refractivity contribution < 1.29 is 4.74 Å². The van der Waals surface area contributed by atoms with Gasteiger partial charge in [-0.25, -0.2) is 0 Å². The van der Waals surface area contributed by atoms with Gasteiger partial charge in [-0.1, -0.05) is 19.9 Å². The van der Waals surface area contributed by atoms with Crippen LogP contribution in [-0.4, -0.2) is 13.2 Å². The van der Waals surface area contributed by atoms with Crippen LogP contribution in [0.1, 0.15) is 26.3 Å². The molecule has 0 bridgehead atoms. The van der Waals surface area contributed by atoms with Gasteiger partial charge in [0.05, 0.1) is 11.1 Å². The van der Waals surface area contributed by atoms with Gasteiger partial charge in [0.15, 0.2) is 0 Å².